The monoisotopic (exact) mass is 377 g/mol. The van der Waals surface area contributed by atoms with E-state index in [-0.39, 0.29) is 16.7 Å². The third-order valence-electron chi connectivity index (χ3n) is 4.55. The summed E-state index contributed by atoms with van der Waals surface area (Å²) in [7, 11) is 0. The molecule has 3 aromatic rings. The highest BCUT2D eigenvalue weighted by Gasteiger charge is 2.15. The molecule has 0 aliphatic carbocycles. The van der Waals surface area contributed by atoms with Crippen molar-refractivity contribution in [2.24, 2.45) is 0 Å². The van der Waals surface area contributed by atoms with E-state index in [9.17, 15) is 10.1 Å². The van der Waals surface area contributed by atoms with Crippen molar-refractivity contribution in [2.45, 2.75) is 33.2 Å². The lowest BCUT2D eigenvalue weighted by atomic mass is 10.1. The van der Waals surface area contributed by atoms with E-state index < -0.39 is 0 Å². The van der Waals surface area contributed by atoms with Crippen LogP contribution in [0.25, 0.3) is 11.3 Å². The van der Waals surface area contributed by atoms with E-state index in [1.165, 1.54) is 6.07 Å². The van der Waals surface area contributed by atoms with Gasteiger partial charge in [0.25, 0.3) is 5.69 Å². The summed E-state index contributed by atoms with van der Waals surface area (Å²) in [5, 5.41) is 17.7. The van der Waals surface area contributed by atoms with E-state index in [1.807, 2.05) is 36.4 Å². The van der Waals surface area contributed by atoms with E-state index in [0.29, 0.717) is 23.0 Å². The molecule has 3 rings (SSSR count). The number of hydrogen-bond acceptors (Lipinski definition) is 6. The first-order valence-corrected chi connectivity index (χ1v) is 9.20. The number of nitrogens with zero attached hydrogens (tertiary/aromatic N) is 3. The molecule has 0 radical (unpaired) electrons. The van der Waals surface area contributed by atoms with Gasteiger partial charge in [-0.25, -0.2) is 4.98 Å². The van der Waals surface area contributed by atoms with Gasteiger partial charge in [-0.3, -0.25) is 10.1 Å². The summed E-state index contributed by atoms with van der Waals surface area (Å²) in [4.78, 5) is 20.0. The summed E-state index contributed by atoms with van der Waals surface area (Å²) in [6.07, 6.45) is 0.936. The highest BCUT2D eigenvalue weighted by atomic mass is 16.6. The predicted molar refractivity (Wildman–Crippen MR) is 112 cm³/mol. The fourth-order valence-corrected chi connectivity index (χ4v) is 2.75. The summed E-state index contributed by atoms with van der Waals surface area (Å²) in [6, 6.07) is 16.8. The second-order valence-corrected chi connectivity index (χ2v) is 6.61. The lowest BCUT2D eigenvalue weighted by Gasteiger charge is -2.15. The van der Waals surface area contributed by atoms with Crippen molar-refractivity contribution < 1.29 is 4.92 Å². The Balaban J connectivity index is 2.01. The molecule has 0 unspecified atom stereocenters. The molecule has 2 N–H and O–H groups in total. The zero-order valence-corrected chi connectivity index (χ0v) is 16.1. The fraction of sp³-hybridized carbons (Fsp3) is 0.238. The molecule has 0 fully saturated rings. The standard InChI is InChI=1S/C21H23N5O2/c1-4-14(2)22-21-24-18(16-9-6-5-7-10-16)13-20(25-21)23-17-11-8-12-19(15(17)3)26(27)28/h5-14H,4H2,1-3H3,(H2,22,23,24,25)/t14-/m1/s1. The van der Waals surface area contributed by atoms with Crippen molar-refractivity contribution in [1.82, 2.24) is 9.97 Å². The van der Waals surface area contributed by atoms with Gasteiger partial charge in [0.1, 0.15) is 5.82 Å². The van der Waals surface area contributed by atoms with Crippen LogP contribution in [-0.2, 0) is 0 Å². The maximum absolute atomic E-state index is 11.2. The van der Waals surface area contributed by atoms with Gasteiger partial charge in [-0.05, 0) is 26.3 Å². The first-order valence-electron chi connectivity index (χ1n) is 9.20. The van der Waals surface area contributed by atoms with Crippen LogP contribution in [0.15, 0.2) is 54.6 Å². The van der Waals surface area contributed by atoms with Crippen molar-refractivity contribution in [1.29, 1.82) is 0 Å². The van der Waals surface area contributed by atoms with Gasteiger partial charge in [0, 0.05) is 29.4 Å². The van der Waals surface area contributed by atoms with E-state index in [4.69, 9.17) is 0 Å². The lowest BCUT2D eigenvalue weighted by molar-refractivity contribution is -0.385. The van der Waals surface area contributed by atoms with Crippen molar-refractivity contribution in [3.8, 4) is 11.3 Å². The van der Waals surface area contributed by atoms with Gasteiger partial charge in [0.2, 0.25) is 5.95 Å². The van der Waals surface area contributed by atoms with Crippen LogP contribution in [-0.4, -0.2) is 20.9 Å². The molecule has 0 amide bonds. The van der Waals surface area contributed by atoms with Crippen molar-refractivity contribution in [2.75, 3.05) is 10.6 Å². The van der Waals surface area contributed by atoms with Gasteiger partial charge in [-0.1, -0.05) is 43.3 Å². The lowest BCUT2D eigenvalue weighted by Crippen LogP contribution is -2.16. The van der Waals surface area contributed by atoms with Gasteiger partial charge in [-0.15, -0.1) is 0 Å². The van der Waals surface area contributed by atoms with Crippen LogP contribution in [0.3, 0.4) is 0 Å². The van der Waals surface area contributed by atoms with E-state index in [0.717, 1.165) is 17.7 Å². The van der Waals surface area contributed by atoms with Crippen LogP contribution in [0.4, 0.5) is 23.1 Å². The maximum atomic E-state index is 11.2. The van der Waals surface area contributed by atoms with Crippen LogP contribution in [0.5, 0.6) is 0 Å². The molecule has 0 aliphatic heterocycles. The van der Waals surface area contributed by atoms with Crippen LogP contribution in [0.2, 0.25) is 0 Å². The first-order chi connectivity index (χ1) is 13.5. The number of nitro benzene ring substituents is 1. The summed E-state index contributed by atoms with van der Waals surface area (Å²) >= 11 is 0. The van der Waals surface area contributed by atoms with Gasteiger partial charge < -0.3 is 10.6 Å². The van der Waals surface area contributed by atoms with Crippen molar-refractivity contribution >= 4 is 23.1 Å². The topological polar surface area (TPSA) is 93.0 Å². The Morgan fingerprint density at radius 3 is 2.54 bits per heavy atom. The minimum Gasteiger partial charge on any atom is -0.352 e. The molecule has 1 heterocycles. The van der Waals surface area contributed by atoms with E-state index in [2.05, 4.69) is 34.4 Å². The molecule has 144 valence electrons. The fourth-order valence-electron chi connectivity index (χ4n) is 2.75. The Labute approximate surface area is 164 Å². The van der Waals surface area contributed by atoms with E-state index in [1.54, 1.807) is 19.1 Å². The Kier molecular flexibility index (Phi) is 5.84. The largest absolute Gasteiger partial charge is 0.352 e. The predicted octanol–water partition coefficient (Wildman–Crippen LogP) is 5.31. The van der Waals surface area contributed by atoms with Crippen molar-refractivity contribution in [3.05, 3.63) is 70.3 Å². The second-order valence-electron chi connectivity index (χ2n) is 6.61. The molecule has 0 saturated heterocycles. The summed E-state index contributed by atoms with van der Waals surface area (Å²) in [6.45, 7) is 5.87. The van der Waals surface area contributed by atoms with Gasteiger partial charge >= 0.3 is 0 Å². The van der Waals surface area contributed by atoms with Crippen LogP contribution < -0.4 is 10.6 Å². The molecule has 7 nitrogen and oxygen atoms in total. The summed E-state index contributed by atoms with van der Waals surface area (Å²) in [5.41, 5.74) is 3.01. The Bertz CT molecular complexity index is 976. The summed E-state index contributed by atoms with van der Waals surface area (Å²) < 4.78 is 0. The number of rotatable bonds is 7. The molecule has 2 aromatic carbocycles. The molecule has 0 spiro atoms. The molecular weight excluding hydrogens is 354 g/mol. The molecule has 0 saturated carbocycles. The molecule has 0 aliphatic rings. The average Bonchev–Trinajstić information content (AvgIpc) is 2.69. The number of benzene rings is 2. The van der Waals surface area contributed by atoms with Gasteiger partial charge in [-0.2, -0.15) is 4.98 Å². The Morgan fingerprint density at radius 1 is 1.11 bits per heavy atom. The number of nitro groups is 1. The highest BCUT2D eigenvalue weighted by Crippen LogP contribution is 2.29. The Morgan fingerprint density at radius 2 is 1.86 bits per heavy atom. The quantitative estimate of drug-likeness (QED) is 0.428. The number of aromatic nitrogens is 2. The normalized spacial score (nSPS) is 11.7. The van der Waals surface area contributed by atoms with Gasteiger partial charge in [0.15, 0.2) is 0 Å². The smallest absolute Gasteiger partial charge is 0.274 e. The molecule has 28 heavy (non-hydrogen) atoms. The zero-order valence-electron chi connectivity index (χ0n) is 16.1. The SMILES string of the molecule is CC[C@@H](C)Nc1nc(Nc2cccc([N+](=O)[O-])c2C)cc(-c2ccccc2)n1. The molecule has 0 bridgehead atoms. The molecule has 7 heteroatoms. The highest BCUT2D eigenvalue weighted by molar-refractivity contribution is 5.70. The third-order valence-corrected chi connectivity index (χ3v) is 4.55. The zero-order chi connectivity index (χ0) is 20.1. The average molecular weight is 377 g/mol. The first kappa shape index (κ1) is 19.3. The van der Waals surface area contributed by atoms with Crippen LogP contribution in [0.1, 0.15) is 25.8 Å². The number of anilines is 3. The van der Waals surface area contributed by atoms with Crippen LogP contribution >= 0.6 is 0 Å². The second kappa shape index (κ2) is 8.47. The van der Waals surface area contributed by atoms with Gasteiger partial charge in [0.05, 0.1) is 16.2 Å². The van der Waals surface area contributed by atoms with E-state index >= 15 is 0 Å². The minimum absolute atomic E-state index is 0.0697. The van der Waals surface area contributed by atoms with Crippen molar-refractivity contribution in [3.63, 3.8) is 0 Å². The maximum Gasteiger partial charge on any atom is 0.274 e. The number of nitrogens with one attached hydrogen (secondary N) is 2. The molecular formula is C21H23N5O2. The van der Waals surface area contributed by atoms with Crippen LogP contribution in [0, 0.1) is 17.0 Å². The summed E-state index contributed by atoms with van der Waals surface area (Å²) in [5.74, 6) is 1.09. The molecule has 1 atom stereocenters. The third kappa shape index (κ3) is 4.43. The minimum atomic E-state index is -0.383. The molecule has 1 aromatic heterocycles. The number of hydrogen-bond donors (Lipinski definition) is 2. The Hall–Kier alpha value is -3.48.